The largest absolute Gasteiger partial charge is 0.492 e. The van der Waals surface area contributed by atoms with Gasteiger partial charge >= 0.3 is 0 Å². The molecule has 0 unspecified atom stereocenters. The molecule has 0 amide bonds. The Labute approximate surface area is 167 Å². The molecule has 29 heavy (non-hydrogen) atoms. The standard InChI is InChI=1S/C21H22N6O2/c22-21-23-17(14-19-24-20(25-27(19)21)18-7-4-11-29-18)15-5-3-6-16(13-15)28-12-10-26-8-1-2-9-26/h3-7,11,13-14H,1-2,8-10,12H2,(H2,22,23). The third kappa shape index (κ3) is 3.66. The number of fused-ring (bicyclic) bond motifs is 1. The number of anilines is 1. The first kappa shape index (κ1) is 17.7. The summed E-state index contributed by atoms with van der Waals surface area (Å²) in [5, 5.41) is 4.38. The summed E-state index contributed by atoms with van der Waals surface area (Å²) in [5.41, 5.74) is 8.38. The van der Waals surface area contributed by atoms with Crippen LogP contribution in [0.5, 0.6) is 5.75 Å². The monoisotopic (exact) mass is 390 g/mol. The average Bonchev–Trinajstić information content (AvgIpc) is 3.49. The SMILES string of the molecule is Nc1nc(-c2cccc(OCCN3CCCC3)c2)cc2nc(-c3ccco3)nn12. The van der Waals surface area contributed by atoms with Crippen LogP contribution in [0.1, 0.15) is 12.8 Å². The van der Waals surface area contributed by atoms with Gasteiger partial charge in [-0.1, -0.05) is 12.1 Å². The molecule has 1 aliphatic rings. The lowest BCUT2D eigenvalue weighted by molar-refractivity contribution is 0.238. The van der Waals surface area contributed by atoms with E-state index in [1.54, 1.807) is 12.3 Å². The Hall–Kier alpha value is -3.39. The first-order valence-electron chi connectivity index (χ1n) is 9.79. The summed E-state index contributed by atoms with van der Waals surface area (Å²) in [7, 11) is 0. The maximum absolute atomic E-state index is 6.13. The molecule has 3 aromatic heterocycles. The lowest BCUT2D eigenvalue weighted by atomic mass is 10.1. The van der Waals surface area contributed by atoms with Crippen molar-refractivity contribution in [3.63, 3.8) is 0 Å². The van der Waals surface area contributed by atoms with Crippen LogP contribution in [-0.2, 0) is 0 Å². The second kappa shape index (κ2) is 7.56. The molecule has 8 heteroatoms. The Kier molecular flexibility index (Phi) is 4.61. The molecular formula is C21H22N6O2. The van der Waals surface area contributed by atoms with Crippen LogP contribution < -0.4 is 10.5 Å². The molecule has 1 fully saturated rings. The number of ether oxygens (including phenoxy) is 1. The minimum absolute atomic E-state index is 0.267. The quantitative estimate of drug-likeness (QED) is 0.540. The highest BCUT2D eigenvalue weighted by Crippen LogP contribution is 2.25. The van der Waals surface area contributed by atoms with Gasteiger partial charge in [0.25, 0.3) is 0 Å². The van der Waals surface area contributed by atoms with E-state index in [2.05, 4.69) is 20.0 Å². The van der Waals surface area contributed by atoms with Crippen LogP contribution >= 0.6 is 0 Å². The minimum atomic E-state index is 0.267. The highest BCUT2D eigenvalue weighted by atomic mass is 16.5. The van der Waals surface area contributed by atoms with Gasteiger partial charge in [-0.15, -0.1) is 5.10 Å². The van der Waals surface area contributed by atoms with Crippen LogP contribution in [0.25, 0.3) is 28.5 Å². The van der Waals surface area contributed by atoms with Gasteiger partial charge in [-0.25, -0.2) is 9.97 Å². The summed E-state index contributed by atoms with van der Waals surface area (Å²) in [5.74, 6) is 2.14. The van der Waals surface area contributed by atoms with Crippen LogP contribution in [0, 0.1) is 0 Å². The molecule has 148 valence electrons. The van der Waals surface area contributed by atoms with Crippen molar-refractivity contribution < 1.29 is 9.15 Å². The van der Waals surface area contributed by atoms with E-state index in [-0.39, 0.29) is 5.95 Å². The van der Waals surface area contributed by atoms with Crippen molar-refractivity contribution in [2.45, 2.75) is 12.8 Å². The molecule has 0 aliphatic carbocycles. The van der Waals surface area contributed by atoms with E-state index >= 15 is 0 Å². The summed E-state index contributed by atoms with van der Waals surface area (Å²) < 4.78 is 12.8. The fourth-order valence-corrected chi connectivity index (χ4v) is 3.61. The van der Waals surface area contributed by atoms with Crippen LogP contribution in [0.4, 0.5) is 5.95 Å². The predicted octanol–water partition coefficient (Wildman–Crippen LogP) is 3.11. The van der Waals surface area contributed by atoms with Crippen molar-refractivity contribution in [1.82, 2.24) is 24.5 Å². The molecule has 1 saturated heterocycles. The first-order valence-corrected chi connectivity index (χ1v) is 9.79. The van der Waals surface area contributed by atoms with Crippen LogP contribution in [-0.4, -0.2) is 50.7 Å². The second-order valence-electron chi connectivity index (χ2n) is 7.11. The van der Waals surface area contributed by atoms with Gasteiger partial charge in [0.1, 0.15) is 12.4 Å². The van der Waals surface area contributed by atoms with Gasteiger partial charge in [-0.3, -0.25) is 4.90 Å². The zero-order valence-electron chi connectivity index (χ0n) is 16.0. The predicted molar refractivity (Wildman–Crippen MR) is 110 cm³/mol. The molecule has 1 aromatic carbocycles. The van der Waals surface area contributed by atoms with Crippen molar-refractivity contribution in [2.24, 2.45) is 0 Å². The van der Waals surface area contributed by atoms with Gasteiger partial charge in [0.05, 0.1) is 12.0 Å². The summed E-state index contributed by atoms with van der Waals surface area (Å²) in [6, 6.07) is 13.3. The fraction of sp³-hybridized carbons (Fsp3) is 0.286. The van der Waals surface area contributed by atoms with Crippen LogP contribution in [0.2, 0.25) is 0 Å². The second-order valence-corrected chi connectivity index (χ2v) is 7.11. The van der Waals surface area contributed by atoms with Crippen molar-refractivity contribution >= 4 is 11.6 Å². The van der Waals surface area contributed by atoms with Gasteiger partial charge in [0.2, 0.25) is 11.8 Å². The number of rotatable bonds is 6. The van der Waals surface area contributed by atoms with Crippen LogP contribution in [0.3, 0.4) is 0 Å². The molecule has 4 heterocycles. The lowest BCUT2D eigenvalue weighted by Gasteiger charge is -2.15. The zero-order chi connectivity index (χ0) is 19.6. The molecule has 1 aliphatic heterocycles. The number of hydrogen-bond acceptors (Lipinski definition) is 7. The highest BCUT2D eigenvalue weighted by Gasteiger charge is 2.14. The number of furan rings is 1. The van der Waals surface area contributed by atoms with Gasteiger partial charge < -0.3 is 14.9 Å². The summed E-state index contributed by atoms with van der Waals surface area (Å²) in [6.45, 7) is 3.97. The number of nitrogens with zero attached hydrogens (tertiary/aromatic N) is 5. The Morgan fingerprint density at radius 1 is 1.07 bits per heavy atom. The summed E-state index contributed by atoms with van der Waals surface area (Å²) >= 11 is 0. The number of hydrogen-bond donors (Lipinski definition) is 1. The summed E-state index contributed by atoms with van der Waals surface area (Å²) in [4.78, 5) is 11.4. The molecule has 0 atom stereocenters. The van der Waals surface area contributed by atoms with Crippen molar-refractivity contribution in [1.29, 1.82) is 0 Å². The molecule has 2 N–H and O–H groups in total. The van der Waals surface area contributed by atoms with Crippen LogP contribution in [0.15, 0.2) is 53.1 Å². The molecule has 0 saturated carbocycles. The number of aromatic nitrogens is 4. The van der Waals surface area contributed by atoms with Crippen molar-refractivity contribution in [3.8, 4) is 28.6 Å². The number of nitrogen functional groups attached to an aromatic ring is 1. The first-order chi connectivity index (χ1) is 14.3. The summed E-state index contributed by atoms with van der Waals surface area (Å²) in [6.07, 6.45) is 4.16. The van der Waals surface area contributed by atoms with E-state index in [9.17, 15) is 0 Å². The Bertz CT molecular complexity index is 1120. The van der Waals surface area contributed by atoms with Gasteiger partial charge in [0, 0.05) is 18.2 Å². The molecule has 5 rings (SSSR count). The Morgan fingerprint density at radius 2 is 1.97 bits per heavy atom. The molecular weight excluding hydrogens is 368 g/mol. The van der Waals surface area contributed by atoms with E-state index in [1.807, 2.05) is 36.4 Å². The maximum Gasteiger partial charge on any atom is 0.223 e. The van der Waals surface area contributed by atoms with Crippen molar-refractivity contribution in [3.05, 3.63) is 48.7 Å². The molecule has 8 nitrogen and oxygen atoms in total. The average molecular weight is 390 g/mol. The molecule has 0 radical (unpaired) electrons. The van der Waals surface area contributed by atoms with E-state index in [0.717, 1.165) is 23.6 Å². The van der Waals surface area contributed by atoms with E-state index in [1.165, 1.54) is 30.4 Å². The van der Waals surface area contributed by atoms with Gasteiger partial charge in [-0.05, 0) is 50.2 Å². The van der Waals surface area contributed by atoms with Gasteiger partial charge in [0.15, 0.2) is 11.4 Å². The normalized spacial score (nSPS) is 14.6. The minimum Gasteiger partial charge on any atom is -0.492 e. The highest BCUT2D eigenvalue weighted by molar-refractivity contribution is 5.67. The van der Waals surface area contributed by atoms with Gasteiger partial charge in [-0.2, -0.15) is 4.52 Å². The van der Waals surface area contributed by atoms with E-state index < -0.39 is 0 Å². The lowest BCUT2D eigenvalue weighted by Crippen LogP contribution is -2.25. The Balaban J connectivity index is 1.38. The Morgan fingerprint density at radius 3 is 2.79 bits per heavy atom. The topological polar surface area (TPSA) is 94.7 Å². The fourth-order valence-electron chi connectivity index (χ4n) is 3.61. The molecule has 4 aromatic rings. The van der Waals surface area contributed by atoms with E-state index in [0.29, 0.717) is 23.8 Å². The molecule has 0 spiro atoms. The number of benzene rings is 1. The molecule has 0 bridgehead atoms. The third-order valence-corrected chi connectivity index (χ3v) is 5.10. The van der Waals surface area contributed by atoms with Crippen molar-refractivity contribution in [2.75, 3.05) is 32.0 Å². The van der Waals surface area contributed by atoms with E-state index in [4.69, 9.17) is 14.9 Å². The smallest absolute Gasteiger partial charge is 0.223 e. The zero-order valence-corrected chi connectivity index (χ0v) is 16.0. The maximum atomic E-state index is 6.13. The third-order valence-electron chi connectivity index (χ3n) is 5.10. The number of nitrogens with two attached hydrogens (primary N) is 1. The number of likely N-dealkylation sites (tertiary alicyclic amines) is 1.